The highest BCUT2D eigenvalue weighted by Crippen LogP contribution is 2.19. The SMILES string of the molecule is CC1CSC(=NCCc2ccccc2F)NC1C. The molecular formula is C14H19FN2S. The molecule has 0 aromatic heterocycles. The summed E-state index contributed by atoms with van der Waals surface area (Å²) in [7, 11) is 0. The van der Waals surface area contributed by atoms with Crippen LogP contribution in [-0.2, 0) is 6.42 Å². The number of amidine groups is 1. The topological polar surface area (TPSA) is 24.4 Å². The number of benzene rings is 1. The summed E-state index contributed by atoms with van der Waals surface area (Å²) in [5, 5.41) is 4.38. The third kappa shape index (κ3) is 3.48. The van der Waals surface area contributed by atoms with Gasteiger partial charge in [0.25, 0.3) is 0 Å². The zero-order valence-electron chi connectivity index (χ0n) is 10.8. The van der Waals surface area contributed by atoms with E-state index < -0.39 is 0 Å². The van der Waals surface area contributed by atoms with Gasteiger partial charge in [0.1, 0.15) is 5.82 Å². The Morgan fingerprint density at radius 1 is 1.39 bits per heavy atom. The van der Waals surface area contributed by atoms with Crippen LogP contribution < -0.4 is 5.32 Å². The first-order valence-electron chi connectivity index (χ1n) is 6.34. The van der Waals surface area contributed by atoms with Gasteiger partial charge in [0.2, 0.25) is 0 Å². The Morgan fingerprint density at radius 2 is 2.17 bits per heavy atom. The van der Waals surface area contributed by atoms with Gasteiger partial charge in [-0.3, -0.25) is 4.99 Å². The molecule has 1 aliphatic heterocycles. The highest BCUT2D eigenvalue weighted by Gasteiger charge is 2.20. The second kappa shape index (κ2) is 6.23. The number of halogens is 1. The first kappa shape index (κ1) is 13.4. The molecule has 0 bridgehead atoms. The smallest absolute Gasteiger partial charge is 0.156 e. The predicted octanol–water partition coefficient (Wildman–Crippen LogP) is 3.09. The van der Waals surface area contributed by atoms with E-state index in [9.17, 15) is 4.39 Å². The van der Waals surface area contributed by atoms with E-state index in [1.54, 1.807) is 17.8 Å². The molecule has 18 heavy (non-hydrogen) atoms. The minimum atomic E-state index is -0.135. The van der Waals surface area contributed by atoms with E-state index in [1.807, 2.05) is 12.1 Å². The maximum atomic E-state index is 13.4. The van der Waals surface area contributed by atoms with Gasteiger partial charge in [0.05, 0.1) is 0 Å². The van der Waals surface area contributed by atoms with Crippen molar-refractivity contribution in [3.8, 4) is 0 Å². The Hall–Kier alpha value is -1.03. The summed E-state index contributed by atoms with van der Waals surface area (Å²) in [5.74, 6) is 1.64. The Balaban J connectivity index is 1.87. The van der Waals surface area contributed by atoms with E-state index in [1.165, 1.54) is 6.07 Å². The number of hydrogen-bond donors (Lipinski definition) is 1. The van der Waals surface area contributed by atoms with Crippen LogP contribution in [0.15, 0.2) is 29.3 Å². The van der Waals surface area contributed by atoms with Crippen molar-refractivity contribution in [2.24, 2.45) is 10.9 Å². The quantitative estimate of drug-likeness (QED) is 0.909. The molecule has 1 fully saturated rings. The average Bonchev–Trinajstić information content (AvgIpc) is 2.36. The van der Waals surface area contributed by atoms with Crippen molar-refractivity contribution in [3.63, 3.8) is 0 Å². The summed E-state index contributed by atoms with van der Waals surface area (Å²) in [6.07, 6.45) is 0.655. The molecule has 1 aliphatic rings. The van der Waals surface area contributed by atoms with E-state index in [0.29, 0.717) is 24.9 Å². The van der Waals surface area contributed by atoms with E-state index in [2.05, 4.69) is 24.2 Å². The van der Waals surface area contributed by atoms with Gasteiger partial charge in [0.15, 0.2) is 5.17 Å². The molecule has 1 heterocycles. The van der Waals surface area contributed by atoms with E-state index >= 15 is 0 Å². The predicted molar refractivity (Wildman–Crippen MR) is 76.6 cm³/mol. The number of aliphatic imine (C=N–C) groups is 1. The van der Waals surface area contributed by atoms with Crippen molar-refractivity contribution < 1.29 is 4.39 Å². The summed E-state index contributed by atoms with van der Waals surface area (Å²) >= 11 is 1.76. The first-order valence-corrected chi connectivity index (χ1v) is 7.32. The van der Waals surface area contributed by atoms with Crippen molar-refractivity contribution in [1.82, 2.24) is 5.32 Å². The van der Waals surface area contributed by atoms with Gasteiger partial charge in [-0.1, -0.05) is 36.9 Å². The summed E-state index contributed by atoms with van der Waals surface area (Å²) in [5.41, 5.74) is 0.740. The highest BCUT2D eigenvalue weighted by molar-refractivity contribution is 8.13. The van der Waals surface area contributed by atoms with Crippen molar-refractivity contribution in [2.45, 2.75) is 26.3 Å². The summed E-state index contributed by atoms with van der Waals surface area (Å²) in [6, 6.07) is 7.37. The van der Waals surface area contributed by atoms with E-state index in [-0.39, 0.29) is 5.82 Å². The Labute approximate surface area is 112 Å². The number of hydrogen-bond acceptors (Lipinski definition) is 2. The normalized spacial score (nSPS) is 26.1. The maximum Gasteiger partial charge on any atom is 0.156 e. The third-order valence-corrected chi connectivity index (χ3v) is 4.49. The van der Waals surface area contributed by atoms with Crippen molar-refractivity contribution in [1.29, 1.82) is 0 Å². The molecule has 98 valence electrons. The average molecular weight is 266 g/mol. The van der Waals surface area contributed by atoms with Crippen molar-refractivity contribution in [3.05, 3.63) is 35.6 Å². The summed E-state index contributed by atoms with van der Waals surface area (Å²) in [6.45, 7) is 5.05. The molecule has 2 rings (SSSR count). The molecule has 2 unspecified atom stereocenters. The summed E-state index contributed by atoms with van der Waals surface area (Å²) < 4.78 is 13.4. The number of rotatable bonds is 3. The molecule has 0 radical (unpaired) electrons. The van der Waals surface area contributed by atoms with Gasteiger partial charge in [-0.05, 0) is 30.9 Å². The van der Waals surface area contributed by atoms with Crippen LogP contribution in [0.5, 0.6) is 0 Å². The molecular weight excluding hydrogens is 247 g/mol. The highest BCUT2D eigenvalue weighted by atomic mass is 32.2. The van der Waals surface area contributed by atoms with Crippen LogP contribution in [0.3, 0.4) is 0 Å². The van der Waals surface area contributed by atoms with Crippen LogP contribution >= 0.6 is 11.8 Å². The van der Waals surface area contributed by atoms with Crippen LogP contribution in [0, 0.1) is 11.7 Å². The lowest BCUT2D eigenvalue weighted by Gasteiger charge is -2.28. The van der Waals surface area contributed by atoms with E-state index in [4.69, 9.17) is 0 Å². The number of nitrogens with zero attached hydrogens (tertiary/aromatic N) is 1. The van der Waals surface area contributed by atoms with Gasteiger partial charge < -0.3 is 5.32 Å². The lowest BCUT2D eigenvalue weighted by atomic mass is 10.1. The zero-order chi connectivity index (χ0) is 13.0. The lowest BCUT2D eigenvalue weighted by Crippen LogP contribution is -2.41. The maximum absolute atomic E-state index is 13.4. The first-order chi connectivity index (χ1) is 8.66. The standard InChI is InChI=1S/C14H19FN2S/c1-10-9-18-14(17-11(10)2)16-8-7-12-5-3-4-6-13(12)15/h3-6,10-11H,7-9H2,1-2H3,(H,16,17). The minimum Gasteiger partial charge on any atom is -0.362 e. The molecule has 1 aromatic rings. The van der Waals surface area contributed by atoms with Crippen LogP contribution in [0.1, 0.15) is 19.4 Å². The van der Waals surface area contributed by atoms with Crippen LogP contribution in [-0.4, -0.2) is 23.5 Å². The third-order valence-electron chi connectivity index (χ3n) is 3.28. The van der Waals surface area contributed by atoms with Crippen molar-refractivity contribution in [2.75, 3.05) is 12.3 Å². The lowest BCUT2D eigenvalue weighted by molar-refractivity contribution is 0.490. The molecule has 2 nitrogen and oxygen atoms in total. The molecule has 1 saturated heterocycles. The fraction of sp³-hybridized carbons (Fsp3) is 0.500. The van der Waals surface area contributed by atoms with Crippen LogP contribution in [0.2, 0.25) is 0 Å². The largest absolute Gasteiger partial charge is 0.362 e. The molecule has 0 aliphatic carbocycles. The Morgan fingerprint density at radius 3 is 2.89 bits per heavy atom. The fourth-order valence-corrected chi connectivity index (χ4v) is 2.96. The van der Waals surface area contributed by atoms with Crippen LogP contribution in [0.4, 0.5) is 4.39 Å². The monoisotopic (exact) mass is 266 g/mol. The van der Waals surface area contributed by atoms with Gasteiger partial charge in [-0.25, -0.2) is 4.39 Å². The van der Waals surface area contributed by atoms with Gasteiger partial charge in [-0.2, -0.15) is 0 Å². The summed E-state index contributed by atoms with van der Waals surface area (Å²) in [4.78, 5) is 4.51. The molecule has 0 amide bonds. The zero-order valence-corrected chi connectivity index (χ0v) is 11.6. The number of thioether (sulfide) groups is 1. The van der Waals surface area contributed by atoms with Gasteiger partial charge in [0, 0.05) is 18.3 Å². The second-order valence-electron chi connectivity index (χ2n) is 4.75. The second-order valence-corrected chi connectivity index (χ2v) is 5.76. The number of nitrogens with one attached hydrogen (secondary N) is 1. The van der Waals surface area contributed by atoms with Gasteiger partial charge in [-0.15, -0.1) is 0 Å². The molecule has 2 atom stereocenters. The molecule has 1 aromatic carbocycles. The fourth-order valence-electron chi connectivity index (χ4n) is 1.80. The van der Waals surface area contributed by atoms with Crippen LogP contribution in [0.25, 0.3) is 0 Å². The minimum absolute atomic E-state index is 0.135. The van der Waals surface area contributed by atoms with Crippen molar-refractivity contribution >= 4 is 16.9 Å². The Bertz CT molecular complexity index is 434. The Kier molecular flexibility index (Phi) is 4.64. The molecule has 0 spiro atoms. The molecule has 1 N–H and O–H groups in total. The van der Waals surface area contributed by atoms with E-state index in [0.717, 1.165) is 16.5 Å². The molecule has 0 saturated carbocycles. The molecule has 4 heteroatoms. The van der Waals surface area contributed by atoms with Gasteiger partial charge >= 0.3 is 0 Å².